The Morgan fingerprint density at radius 3 is 2.42 bits per heavy atom. The Labute approximate surface area is 113 Å². The molecule has 1 heterocycles. The van der Waals surface area contributed by atoms with Crippen molar-refractivity contribution in [3.05, 3.63) is 35.4 Å². The van der Waals surface area contributed by atoms with Crippen LogP contribution in [0.15, 0.2) is 24.3 Å². The smallest absolute Gasteiger partial charge is 0.306 e. The Kier molecular flexibility index (Phi) is 3.88. The predicted octanol–water partition coefficient (Wildman–Crippen LogP) is 2.18. The highest BCUT2D eigenvalue weighted by atomic mass is 16.4. The summed E-state index contributed by atoms with van der Waals surface area (Å²) in [6, 6.07) is 7.48. The molecule has 0 spiro atoms. The lowest BCUT2D eigenvalue weighted by Crippen LogP contribution is -2.45. The Balaban J connectivity index is 2.06. The third-order valence-corrected chi connectivity index (χ3v) is 3.81. The first-order chi connectivity index (χ1) is 8.99. The summed E-state index contributed by atoms with van der Waals surface area (Å²) in [7, 11) is 0. The van der Waals surface area contributed by atoms with E-state index >= 15 is 0 Å². The lowest BCUT2D eigenvalue weighted by Gasteiger charge is -2.35. The van der Waals surface area contributed by atoms with Gasteiger partial charge in [0.15, 0.2) is 0 Å². The number of rotatable bonds is 2. The molecule has 1 aromatic carbocycles. The molecule has 102 valence electrons. The maximum atomic E-state index is 12.3. The van der Waals surface area contributed by atoms with Crippen molar-refractivity contribution in [2.75, 3.05) is 13.1 Å². The molecule has 1 aromatic rings. The van der Waals surface area contributed by atoms with Crippen LogP contribution in [-0.2, 0) is 4.79 Å². The van der Waals surface area contributed by atoms with Crippen LogP contribution < -0.4 is 0 Å². The van der Waals surface area contributed by atoms with Crippen molar-refractivity contribution < 1.29 is 14.7 Å². The molecule has 0 saturated carbocycles. The topological polar surface area (TPSA) is 57.6 Å². The van der Waals surface area contributed by atoms with Gasteiger partial charge in [0.25, 0.3) is 5.91 Å². The van der Waals surface area contributed by atoms with Crippen molar-refractivity contribution in [3.63, 3.8) is 0 Å². The maximum absolute atomic E-state index is 12.3. The molecule has 0 bridgehead atoms. The lowest BCUT2D eigenvalue weighted by molar-refractivity contribution is -0.145. The van der Waals surface area contributed by atoms with Gasteiger partial charge < -0.3 is 10.0 Å². The second-order valence-electron chi connectivity index (χ2n) is 5.33. The minimum atomic E-state index is -0.755. The zero-order chi connectivity index (χ0) is 14.0. The van der Waals surface area contributed by atoms with Gasteiger partial charge in [0, 0.05) is 18.7 Å². The summed E-state index contributed by atoms with van der Waals surface area (Å²) >= 11 is 0. The van der Waals surface area contributed by atoms with Crippen LogP contribution >= 0.6 is 0 Å². The standard InChI is InChI=1S/C15H19NO3/c1-10-3-5-12(6-4-10)14(17)16-8-7-13(15(18)19)11(2)9-16/h3-6,11,13H,7-9H2,1-2H3,(H,18,19). The number of hydrogen-bond acceptors (Lipinski definition) is 2. The highest BCUT2D eigenvalue weighted by Crippen LogP contribution is 2.24. The molecule has 1 fully saturated rings. The van der Waals surface area contributed by atoms with Crippen molar-refractivity contribution in [2.24, 2.45) is 11.8 Å². The zero-order valence-corrected chi connectivity index (χ0v) is 11.3. The second-order valence-corrected chi connectivity index (χ2v) is 5.33. The Hall–Kier alpha value is -1.84. The Morgan fingerprint density at radius 1 is 1.26 bits per heavy atom. The molecule has 1 amide bonds. The molecule has 2 unspecified atom stereocenters. The van der Waals surface area contributed by atoms with Gasteiger partial charge in [-0.05, 0) is 31.4 Å². The molecule has 2 rings (SSSR count). The van der Waals surface area contributed by atoms with E-state index in [4.69, 9.17) is 5.11 Å². The van der Waals surface area contributed by atoms with Crippen LogP contribution in [0.3, 0.4) is 0 Å². The van der Waals surface area contributed by atoms with E-state index in [9.17, 15) is 9.59 Å². The maximum Gasteiger partial charge on any atom is 0.306 e. The number of carboxylic acids is 1. The van der Waals surface area contributed by atoms with E-state index in [1.165, 1.54) is 0 Å². The van der Waals surface area contributed by atoms with Crippen LogP contribution in [-0.4, -0.2) is 35.0 Å². The number of piperidine rings is 1. The fraction of sp³-hybridized carbons (Fsp3) is 0.467. The molecule has 4 heteroatoms. The van der Waals surface area contributed by atoms with Gasteiger partial charge >= 0.3 is 5.97 Å². The summed E-state index contributed by atoms with van der Waals surface area (Å²) in [6.45, 7) is 4.92. The Bertz CT molecular complexity index is 481. The Morgan fingerprint density at radius 2 is 1.89 bits per heavy atom. The van der Waals surface area contributed by atoms with E-state index in [1.54, 1.807) is 4.90 Å². The minimum Gasteiger partial charge on any atom is -0.481 e. The number of carbonyl (C=O) groups is 2. The van der Waals surface area contributed by atoms with Gasteiger partial charge in [-0.2, -0.15) is 0 Å². The van der Waals surface area contributed by atoms with E-state index in [0.717, 1.165) is 5.56 Å². The number of aliphatic carboxylic acids is 1. The molecular weight excluding hydrogens is 242 g/mol. The van der Waals surface area contributed by atoms with Gasteiger partial charge in [-0.15, -0.1) is 0 Å². The molecule has 4 nitrogen and oxygen atoms in total. The first-order valence-corrected chi connectivity index (χ1v) is 6.58. The molecule has 0 radical (unpaired) electrons. The monoisotopic (exact) mass is 261 g/mol. The molecule has 1 saturated heterocycles. The largest absolute Gasteiger partial charge is 0.481 e. The second kappa shape index (κ2) is 5.43. The van der Waals surface area contributed by atoms with Crippen LogP contribution in [0.1, 0.15) is 29.3 Å². The molecule has 1 N–H and O–H groups in total. The number of carboxylic acid groups (broad SMARTS) is 1. The van der Waals surface area contributed by atoms with Crippen LogP contribution in [0.4, 0.5) is 0 Å². The van der Waals surface area contributed by atoms with Gasteiger partial charge in [0.1, 0.15) is 0 Å². The van der Waals surface area contributed by atoms with E-state index in [1.807, 2.05) is 38.1 Å². The fourth-order valence-corrected chi connectivity index (χ4v) is 2.58. The van der Waals surface area contributed by atoms with Crippen LogP contribution in [0.2, 0.25) is 0 Å². The minimum absolute atomic E-state index is 0.000600. The van der Waals surface area contributed by atoms with Crippen LogP contribution in [0.5, 0.6) is 0 Å². The normalized spacial score (nSPS) is 23.2. The molecule has 2 atom stereocenters. The molecule has 0 aromatic heterocycles. The number of aryl methyl sites for hydroxylation is 1. The number of carbonyl (C=O) groups excluding carboxylic acids is 1. The summed E-state index contributed by atoms with van der Waals surface area (Å²) in [4.78, 5) is 25.1. The van der Waals surface area contributed by atoms with Crippen LogP contribution in [0.25, 0.3) is 0 Å². The quantitative estimate of drug-likeness (QED) is 0.887. The average molecular weight is 261 g/mol. The van der Waals surface area contributed by atoms with E-state index < -0.39 is 5.97 Å². The van der Waals surface area contributed by atoms with Crippen LogP contribution in [0, 0.1) is 18.8 Å². The highest BCUT2D eigenvalue weighted by molar-refractivity contribution is 5.94. The van der Waals surface area contributed by atoms with Crippen molar-refractivity contribution in [1.82, 2.24) is 4.90 Å². The summed E-state index contributed by atoms with van der Waals surface area (Å²) in [5.74, 6) is -1.09. The summed E-state index contributed by atoms with van der Waals surface area (Å²) in [5, 5.41) is 9.08. The molecule has 0 aliphatic carbocycles. The molecular formula is C15H19NO3. The first-order valence-electron chi connectivity index (χ1n) is 6.58. The van der Waals surface area contributed by atoms with Gasteiger partial charge in [0.2, 0.25) is 0 Å². The van der Waals surface area contributed by atoms with E-state index in [-0.39, 0.29) is 17.7 Å². The van der Waals surface area contributed by atoms with Crippen molar-refractivity contribution in [1.29, 1.82) is 0 Å². The van der Waals surface area contributed by atoms with Gasteiger partial charge in [-0.25, -0.2) is 0 Å². The average Bonchev–Trinajstić information content (AvgIpc) is 2.38. The van der Waals surface area contributed by atoms with Gasteiger partial charge in [-0.3, -0.25) is 9.59 Å². The number of likely N-dealkylation sites (tertiary alicyclic amines) is 1. The third kappa shape index (κ3) is 2.95. The SMILES string of the molecule is Cc1ccc(C(=O)N2CCC(C(=O)O)C(C)C2)cc1. The first kappa shape index (κ1) is 13.6. The summed E-state index contributed by atoms with van der Waals surface area (Å²) in [5.41, 5.74) is 1.79. The predicted molar refractivity (Wildman–Crippen MR) is 72.0 cm³/mol. The van der Waals surface area contributed by atoms with Crippen molar-refractivity contribution in [2.45, 2.75) is 20.3 Å². The van der Waals surface area contributed by atoms with E-state index in [2.05, 4.69) is 0 Å². The number of benzene rings is 1. The number of hydrogen-bond donors (Lipinski definition) is 1. The van der Waals surface area contributed by atoms with Gasteiger partial charge in [-0.1, -0.05) is 24.6 Å². The van der Waals surface area contributed by atoms with Crippen molar-refractivity contribution in [3.8, 4) is 0 Å². The summed E-state index contributed by atoms with van der Waals surface area (Å²) in [6.07, 6.45) is 0.536. The lowest BCUT2D eigenvalue weighted by atomic mass is 9.87. The molecule has 1 aliphatic heterocycles. The van der Waals surface area contributed by atoms with Gasteiger partial charge in [0.05, 0.1) is 5.92 Å². The molecule has 1 aliphatic rings. The van der Waals surface area contributed by atoms with Crippen molar-refractivity contribution >= 4 is 11.9 Å². The third-order valence-electron chi connectivity index (χ3n) is 3.81. The number of amides is 1. The zero-order valence-electron chi connectivity index (χ0n) is 11.3. The summed E-state index contributed by atoms with van der Waals surface area (Å²) < 4.78 is 0. The molecule has 19 heavy (non-hydrogen) atoms. The fourth-order valence-electron chi connectivity index (χ4n) is 2.58. The highest BCUT2D eigenvalue weighted by Gasteiger charge is 2.33. The number of nitrogens with zero attached hydrogens (tertiary/aromatic N) is 1. The van der Waals surface area contributed by atoms with E-state index in [0.29, 0.717) is 25.1 Å².